The topological polar surface area (TPSA) is 290 Å². The summed E-state index contributed by atoms with van der Waals surface area (Å²) in [6.07, 6.45) is 0. The lowest BCUT2D eigenvalue weighted by atomic mass is 10.1. The minimum Gasteiger partial charge on any atom is -0.478 e. The number of aromatic carboxylic acids is 2. The Hall–Kier alpha value is -2.48. The molecule has 1 aromatic carbocycles. The third-order valence-electron chi connectivity index (χ3n) is 1.78. The first-order valence-corrected chi connectivity index (χ1v) is 3.59. The molecule has 0 radical (unpaired) electrons. The van der Waals surface area contributed by atoms with Gasteiger partial charge in [-0.1, -0.05) is 0 Å². The molecule has 0 saturated heterocycles. The van der Waals surface area contributed by atoms with E-state index in [9.17, 15) is 9.59 Å². The normalized spacial score (nSPS) is 7.40. The van der Waals surface area contributed by atoms with Crippen LogP contribution in [-0.2, 0) is 0 Å². The molecule has 12 nitrogen and oxygen atoms in total. The number of carboxylic acids is 2. The van der Waals surface area contributed by atoms with E-state index in [1.165, 1.54) is 6.07 Å². The van der Waals surface area contributed by atoms with Gasteiger partial charge in [-0.2, -0.15) is 0 Å². The van der Waals surface area contributed by atoms with Crippen molar-refractivity contribution >= 4 is 23.1 Å². The molecule has 0 fully saturated rings. The first-order chi connectivity index (χ1) is 6.61. The van der Waals surface area contributed by atoms with Crippen molar-refractivity contribution in [1.82, 2.24) is 0 Å². The first-order valence-electron chi connectivity index (χ1n) is 3.59. The van der Waals surface area contributed by atoms with E-state index in [2.05, 4.69) is 9.15 Å². The molecule has 0 aliphatic rings. The SMILES string of the molecule is O.O.O.O.O.O.O=C(O)c1ccc2ooc2c1C(=O)O. The van der Waals surface area contributed by atoms with Gasteiger partial charge >= 0.3 is 11.9 Å². The van der Waals surface area contributed by atoms with Gasteiger partial charge in [0, 0.05) is 0 Å². The fourth-order valence-electron chi connectivity index (χ4n) is 1.15. The lowest BCUT2D eigenvalue weighted by molar-refractivity contribution is 0.0526. The maximum absolute atomic E-state index is 10.7. The van der Waals surface area contributed by atoms with Crippen molar-refractivity contribution in [2.45, 2.75) is 0 Å². The summed E-state index contributed by atoms with van der Waals surface area (Å²) in [7, 11) is 0. The monoisotopic (exact) mass is 304 g/mol. The summed E-state index contributed by atoms with van der Waals surface area (Å²) in [4.78, 5) is 21.4. The van der Waals surface area contributed by atoms with Crippen LogP contribution in [-0.4, -0.2) is 55.0 Å². The van der Waals surface area contributed by atoms with Crippen LogP contribution in [0.15, 0.2) is 21.3 Å². The number of hydrogen-bond donors (Lipinski definition) is 2. The van der Waals surface area contributed by atoms with Crippen LogP contribution in [0.3, 0.4) is 0 Å². The Morgan fingerprint density at radius 1 is 0.800 bits per heavy atom. The predicted octanol–water partition coefficient (Wildman–Crippen LogP) is -3.53. The molecule has 0 aliphatic carbocycles. The summed E-state index contributed by atoms with van der Waals surface area (Å²) in [6.45, 7) is 0. The zero-order chi connectivity index (χ0) is 10.3. The fraction of sp³-hybridized carbons (Fsp3) is 0. The van der Waals surface area contributed by atoms with Crippen LogP contribution in [0.5, 0.6) is 0 Å². The van der Waals surface area contributed by atoms with E-state index < -0.39 is 11.9 Å². The molecule has 0 aliphatic heterocycles. The molecule has 0 unspecified atom stereocenters. The van der Waals surface area contributed by atoms with Gasteiger partial charge in [0.05, 0.1) is 5.56 Å². The molecule has 0 atom stereocenters. The second-order valence-electron chi connectivity index (χ2n) is 2.59. The van der Waals surface area contributed by atoms with E-state index >= 15 is 0 Å². The third kappa shape index (κ3) is 4.32. The highest BCUT2D eigenvalue weighted by Crippen LogP contribution is 2.25. The Morgan fingerprint density at radius 2 is 1.30 bits per heavy atom. The third-order valence-corrected chi connectivity index (χ3v) is 1.78. The minimum absolute atomic E-state index is 0. The minimum atomic E-state index is -1.36. The summed E-state index contributed by atoms with van der Waals surface area (Å²) in [5, 5.41) is 17.4. The van der Waals surface area contributed by atoms with Crippen molar-refractivity contribution in [3.8, 4) is 0 Å². The van der Waals surface area contributed by atoms with Gasteiger partial charge in [0.1, 0.15) is 5.56 Å². The molecule has 1 aromatic heterocycles. The zero-order valence-corrected chi connectivity index (χ0v) is 9.68. The Morgan fingerprint density at radius 3 is 1.60 bits per heavy atom. The largest absolute Gasteiger partial charge is 0.478 e. The summed E-state index contributed by atoms with van der Waals surface area (Å²) in [5.41, 5.74) is -0.523. The Balaban J connectivity index is -0.000000125. The van der Waals surface area contributed by atoms with Crippen LogP contribution in [0, 0.1) is 0 Å². The molecule has 14 N–H and O–H groups in total. The summed E-state index contributed by atoms with van der Waals surface area (Å²) in [5.74, 6) is -2.68. The Bertz CT molecular complexity index is 523. The van der Waals surface area contributed by atoms with Crippen LogP contribution in [0.25, 0.3) is 11.2 Å². The summed E-state index contributed by atoms with van der Waals surface area (Å²) >= 11 is 0. The molecule has 1 heterocycles. The molecule has 2 aromatic rings. The van der Waals surface area contributed by atoms with E-state index in [4.69, 9.17) is 10.2 Å². The highest BCUT2D eigenvalue weighted by Gasteiger charge is 2.24. The maximum atomic E-state index is 10.7. The van der Waals surface area contributed by atoms with Crippen LogP contribution < -0.4 is 0 Å². The molecule has 0 saturated carbocycles. The Labute approximate surface area is 109 Å². The van der Waals surface area contributed by atoms with Crippen molar-refractivity contribution < 1.29 is 61.8 Å². The van der Waals surface area contributed by atoms with Gasteiger partial charge in [0.15, 0.2) is 0 Å². The van der Waals surface area contributed by atoms with Gasteiger partial charge in [-0.3, -0.25) is 9.15 Å². The molecular formula is C8H16O12. The van der Waals surface area contributed by atoms with Crippen LogP contribution in [0.1, 0.15) is 20.7 Å². The number of hydrogen-bond acceptors (Lipinski definition) is 4. The number of carbonyl (C=O) groups is 2. The number of rotatable bonds is 2. The quantitative estimate of drug-likeness (QED) is 0.528. The standard InChI is InChI=1S/C8H4O6.6H2O/c9-7(10)3-1-2-4-6(14-13-4)5(3)8(11)12;;;;;;/h1-2H,(H,9,10)(H,11,12);6*1H2. The lowest BCUT2D eigenvalue weighted by Gasteiger charge is -2.04. The van der Waals surface area contributed by atoms with E-state index in [0.717, 1.165) is 6.07 Å². The van der Waals surface area contributed by atoms with Crippen LogP contribution >= 0.6 is 0 Å². The number of fused-ring (bicyclic) bond motifs is 1. The first kappa shape index (κ1) is 30.5. The van der Waals surface area contributed by atoms with E-state index in [1.54, 1.807) is 0 Å². The van der Waals surface area contributed by atoms with Crippen LogP contribution in [0.2, 0.25) is 0 Å². The molecule has 0 amide bonds. The molecule has 20 heavy (non-hydrogen) atoms. The van der Waals surface area contributed by atoms with Gasteiger partial charge in [0.2, 0.25) is 11.2 Å². The van der Waals surface area contributed by atoms with E-state index in [0.29, 0.717) is 0 Å². The fourth-order valence-corrected chi connectivity index (χ4v) is 1.15. The molecule has 0 spiro atoms. The zero-order valence-electron chi connectivity index (χ0n) is 9.68. The van der Waals surface area contributed by atoms with E-state index in [-0.39, 0.29) is 55.2 Å². The van der Waals surface area contributed by atoms with Gasteiger partial charge < -0.3 is 43.1 Å². The second-order valence-corrected chi connectivity index (χ2v) is 2.59. The smallest absolute Gasteiger partial charge is 0.340 e. The van der Waals surface area contributed by atoms with E-state index in [1.807, 2.05) is 0 Å². The summed E-state index contributed by atoms with van der Waals surface area (Å²) < 4.78 is 8.86. The average Bonchev–Trinajstić information content (AvgIpc) is 2.05. The lowest BCUT2D eigenvalue weighted by Crippen LogP contribution is -2.09. The van der Waals surface area contributed by atoms with Crippen molar-refractivity contribution in [3.05, 3.63) is 23.3 Å². The van der Waals surface area contributed by atoms with Crippen molar-refractivity contribution in [2.24, 2.45) is 0 Å². The molecular weight excluding hydrogens is 288 g/mol. The van der Waals surface area contributed by atoms with Crippen LogP contribution in [0.4, 0.5) is 0 Å². The number of carboxylic acid groups (broad SMARTS) is 2. The molecule has 12 heteroatoms. The molecule has 120 valence electrons. The highest BCUT2D eigenvalue weighted by atomic mass is 17.0. The highest BCUT2D eigenvalue weighted by molar-refractivity contribution is 6.09. The molecule has 0 bridgehead atoms. The van der Waals surface area contributed by atoms with Crippen molar-refractivity contribution in [2.75, 3.05) is 0 Å². The van der Waals surface area contributed by atoms with Gasteiger partial charge in [0.25, 0.3) is 0 Å². The number of benzene rings is 1. The predicted molar refractivity (Wildman–Crippen MR) is 64.1 cm³/mol. The Kier molecular flexibility index (Phi) is 15.9. The summed E-state index contributed by atoms with van der Waals surface area (Å²) in [6, 6.07) is 2.50. The van der Waals surface area contributed by atoms with Crippen molar-refractivity contribution in [3.63, 3.8) is 0 Å². The van der Waals surface area contributed by atoms with Gasteiger partial charge in [-0.15, -0.1) is 0 Å². The maximum Gasteiger partial charge on any atom is 0.340 e. The van der Waals surface area contributed by atoms with Gasteiger partial charge in [-0.05, 0) is 12.1 Å². The molecule has 2 rings (SSSR count). The van der Waals surface area contributed by atoms with Gasteiger partial charge in [-0.25, -0.2) is 9.59 Å². The average molecular weight is 304 g/mol. The second kappa shape index (κ2) is 10.4. The van der Waals surface area contributed by atoms with Crippen molar-refractivity contribution in [1.29, 1.82) is 0 Å².